The Morgan fingerprint density at radius 1 is 1.44 bits per heavy atom. The third-order valence-corrected chi connectivity index (χ3v) is 2.11. The fourth-order valence-electron chi connectivity index (χ4n) is 1.35. The standard InChI is InChI=1S/C11H7N3O2/c12-6-8-2-1-5-14(8)9-3-4-10(11(15)16)13-7-9/h1-5,7H,(H,15,16). The molecule has 0 amide bonds. The molecule has 0 aromatic carbocycles. The molecule has 0 atom stereocenters. The van der Waals surface area contributed by atoms with Crippen LogP contribution in [0.3, 0.4) is 0 Å². The predicted octanol–water partition coefficient (Wildman–Crippen LogP) is 1.44. The number of aromatic nitrogens is 2. The molecule has 5 heteroatoms. The number of nitriles is 1. The highest BCUT2D eigenvalue weighted by atomic mass is 16.4. The second-order valence-electron chi connectivity index (χ2n) is 3.08. The van der Waals surface area contributed by atoms with E-state index in [1.54, 1.807) is 29.0 Å². The van der Waals surface area contributed by atoms with E-state index in [4.69, 9.17) is 10.4 Å². The lowest BCUT2D eigenvalue weighted by atomic mass is 10.3. The van der Waals surface area contributed by atoms with Gasteiger partial charge in [0, 0.05) is 6.20 Å². The summed E-state index contributed by atoms with van der Waals surface area (Å²) in [6.07, 6.45) is 3.14. The van der Waals surface area contributed by atoms with E-state index in [9.17, 15) is 4.79 Å². The highest BCUT2D eigenvalue weighted by molar-refractivity contribution is 5.85. The lowest BCUT2D eigenvalue weighted by Crippen LogP contribution is -2.02. The molecular formula is C11H7N3O2. The largest absolute Gasteiger partial charge is 0.477 e. The molecule has 0 aliphatic rings. The lowest BCUT2D eigenvalue weighted by Gasteiger charge is -2.03. The summed E-state index contributed by atoms with van der Waals surface area (Å²) < 4.78 is 1.64. The number of carboxylic acids is 1. The average molecular weight is 213 g/mol. The molecule has 0 saturated carbocycles. The van der Waals surface area contributed by atoms with Crippen molar-refractivity contribution < 1.29 is 9.90 Å². The van der Waals surface area contributed by atoms with Crippen LogP contribution in [0.15, 0.2) is 36.7 Å². The molecule has 2 rings (SSSR count). The fraction of sp³-hybridized carbons (Fsp3) is 0. The van der Waals surface area contributed by atoms with Crippen LogP contribution in [0.2, 0.25) is 0 Å². The Morgan fingerprint density at radius 2 is 2.25 bits per heavy atom. The molecule has 0 aliphatic heterocycles. The Kier molecular flexibility index (Phi) is 2.40. The quantitative estimate of drug-likeness (QED) is 0.818. The molecule has 78 valence electrons. The smallest absolute Gasteiger partial charge is 0.354 e. The van der Waals surface area contributed by atoms with Crippen LogP contribution in [-0.4, -0.2) is 20.6 Å². The highest BCUT2D eigenvalue weighted by Gasteiger charge is 2.06. The monoisotopic (exact) mass is 213 g/mol. The molecule has 0 saturated heterocycles. The van der Waals surface area contributed by atoms with Crippen LogP contribution in [-0.2, 0) is 0 Å². The summed E-state index contributed by atoms with van der Waals surface area (Å²) >= 11 is 0. The number of carbonyl (C=O) groups is 1. The van der Waals surface area contributed by atoms with Crippen molar-refractivity contribution in [3.05, 3.63) is 48.0 Å². The number of hydrogen-bond acceptors (Lipinski definition) is 3. The van der Waals surface area contributed by atoms with Gasteiger partial charge < -0.3 is 9.67 Å². The normalized spacial score (nSPS) is 9.69. The Morgan fingerprint density at radius 3 is 2.81 bits per heavy atom. The Balaban J connectivity index is 2.43. The molecule has 2 heterocycles. The number of nitrogens with zero attached hydrogens (tertiary/aromatic N) is 3. The van der Waals surface area contributed by atoms with Crippen molar-refractivity contribution in [2.75, 3.05) is 0 Å². The van der Waals surface area contributed by atoms with E-state index in [-0.39, 0.29) is 5.69 Å². The van der Waals surface area contributed by atoms with Gasteiger partial charge >= 0.3 is 5.97 Å². The minimum atomic E-state index is -1.07. The molecule has 2 aromatic heterocycles. The summed E-state index contributed by atoms with van der Waals surface area (Å²) in [5.74, 6) is -1.07. The molecule has 5 nitrogen and oxygen atoms in total. The fourth-order valence-corrected chi connectivity index (χ4v) is 1.35. The molecule has 1 N–H and O–H groups in total. The van der Waals surface area contributed by atoms with Gasteiger partial charge in [0.1, 0.15) is 17.5 Å². The second kappa shape index (κ2) is 3.87. The van der Waals surface area contributed by atoms with Gasteiger partial charge in [0.25, 0.3) is 0 Å². The summed E-state index contributed by atoms with van der Waals surface area (Å²) in [6.45, 7) is 0. The van der Waals surface area contributed by atoms with E-state index >= 15 is 0 Å². The van der Waals surface area contributed by atoms with Gasteiger partial charge in [0.2, 0.25) is 0 Å². The summed E-state index contributed by atoms with van der Waals surface area (Å²) in [4.78, 5) is 14.4. The van der Waals surface area contributed by atoms with Gasteiger partial charge in [-0.05, 0) is 24.3 Å². The minimum absolute atomic E-state index is 0.0191. The molecule has 2 aromatic rings. The van der Waals surface area contributed by atoms with E-state index in [1.807, 2.05) is 6.07 Å². The first-order chi connectivity index (χ1) is 7.72. The molecule has 0 aliphatic carbocycles. The number of carboxylic acid groups (broad SMARTS) is 1. The Bertz CT molecular complexity index is 564. The SMILES string of the molecule is N#Cc1cccn1-c1ccc(C(=O)O)nc1. The van der Waals surface area contributed by atoms with Crippen LogP contribution in [0.4, 0.5) is 0 Å². The number of rotatable bonds is 2. The van der Waals surface area contributed by atoms with E-state index in [2.05, 4.69) is 4.98 Å². The molecule has 0 fully saturated rings. The van der Waals surface area contributed by atoms with Crippen molar-refractivity contribution in [2.45, 2.75) is 0 Å². The maximum Gasteiger partial charge on any atom is 0.354 e. The summed E-state index contributed by atoms with van der Waals surface area (Å²) in [5, 5.41) is 17.5. The summed E-state index contributed by atoms with van der Waals surface area (Å²) in [5.41, 5.74) is 1.12. The maximum atomic E-state index is 10.6. The third kappa shape index (κ3) is 1.64. The summed E-state index contributed by atoms with van der Waals surface area (Å²) in [6, 6.07) is 8.45. The molecule has 0 radical (unpaired) electrons. The van der Waals surface area contributed by atoms with Crippen molar-refractivity contribution in [3.8, 4) is 11.8 Å². The van der Waals surface area contributed by atoms with Crippen molar-refractivity contribution >= 4 is 5.97 Å². The lowest BCUT2D eigenvalue weighted by molar-refractivity contribution is 0.0690. The van der Waals surface area contributed by atoms with E-state index < -0.39 is 5.97 Å². The zero-order valence-electron chi connectivity index (χ0n) is 8.16. The van der Waals surface area contributed by atoms with Gasteiger partial charge in [0.05, 0.1) is 11.9 Å². The van der Waals surface area contributed by atoms with E-state index in [0.29, 0.717) is 11.4 Å². The minimum Gasteiger partial charge on any atom is -0.477 e. The van der Waals surface area contributed by atoms with Gasteiger partial charge in [-0.15, -0.1) is 0 Å². The van der Waals surface area contributed by atoms with Gasteiger partial charge in [-0.1, -0.05) is 0 Å². The maximum absolute atomic E-state index is 10.6. The van der Waals surface area contributed by atoms with Crippen LogP contribution >= 0.6 is 0 Å². The van der Waals surface area contributed by atoms with Crippen LogP contribution in [0.5, 0.6) is 0 Å². The highest BCUT2D eigenvalue weighted by Crippen LogP contribution is 2.11. The van der Waals surface area contributed by atoms with Gasteiger partial charge in [-0.25, -0.2) is 9.78 Å². The van der Waals surface area contributed by atoms with Gasteiger partial charge in [-0.3, -0.25) is 0 Å². The van der Waals surface area contributed by atoms with Crippen LogP contribution < -0.4 is 0 Å². The number of pyridine rings is 1. The Hall–Kier alpha value is -2.61. The van der Waals surface area contributed by atoms with Crippen molar-refractivity contribution in [2.24, 2.45) is 0 Å². The predicted molar refractivity (Wildman–Crippen MR) is 55.2 cm³/mol. The van der Waals surface area contributed by atoms with E-state index in [0.717, 1.165) is 0 Å². The topological polar surface area (TPSA) is 78.9 Å². The van der Waals surface area contributed by atoms with Crippen LogP contribution in [0, 0.1) is 11.3 Å². The first-order valence-corrected chi connectivity index (χ1v) is 4.49. The summed E-state index contributed by atoms with van der Waals surface area (Å²) in [7, 11) is 0. The first kappa shape index (κ1) is 9.93. The van der Waals surface area contributed by atoms with E-state index in [1.165, 1.54) is 12.3 Å². The third-order valence-electron chi connectivity index (χ3n) is 2.11. The van der Waals surface area contributed by atoms with Crippen LogP contribution in [0.25, 0.3) is 5.69 Å². The first-order valence-electron chi connectivity index (χ1n) is 4.49. The molecule has 16 heavy (non-hydrogen) atoms. The molecule has 0 spiro atoms. The average Bonchev–Trinajstić information content (AvgIpc) is 2.77. The van der Waals surface area contributed by atoms with Gasteiger partial charge in [-0.2, -0.15) is 5.26 Å². The van der Waals surface area contributed by atoms with Gasteiger partial charge in [0.15, 0.2) is 0 Å². The zero-order valence-corrected chi connectivity index (χ0v) is 8.16. The number of hydrogen-bond donors (Lipinski definition) is 1. The second-order valence-corrected chi connectivity index (χ2v) is 3.08. The number of aromatic carboxylic acids is 1. The zero-order chi connectivity index (χ0) is 11.5. The molecule has 0 unspecified atom stereocenters. The van der Waals surface area contributed by atoms with Crippen LogP contribution in [0.1, 0.15) is 16.2 Å². The van der Waals surface area contributed by atoms with Crippen molar-refractivity contribution in [3.63, 3.8) is 0 Å². The molecule has 0 bridgehead atoms. The molecular weight excluding hydrogens is 206 g/mol. The van der Waals surface area contributed by atoms with Crippen molar-refractivity contribution in [1.29, 1.82) is 5.26 Å². The van der Waals surface area contributed by atoms with Crippen molar-refractivity contribution in [1.82, 2.24) is 9.55 Å². The Labute approximate surface area is 91.2 Å².